The minimum atomic E-state index is -3.44. The fourth-order valence-electron chi connectivity index (χ4n) is 4.72. The normalized spacial score (nSPS) is 14.5. The first-order valence-electron chi connectivity index (χ1n) is 13.6. The summed E-state index contributed by atoms with van der Waals surface area (Å²) >= 11 is 0. The van der Waals surface area contributed by atoms with E-state index in [9.17, 15) is 13.8 Å². The lowest BCUT2D eigenvalue weighted by Gasteiger charge is -2.34. The number of rotatable bonds is 9. The maximum atomic E-state index is 13.4. The first-order valence-corrected chi connectivity index (χ1v) is 15.8. The van der Waals surface area contributed by atoms with Crippen molar-refractivity contribution < 1.29 is 13.7 Å². The molecule has 2 N–H and O–H groups in total. The van der Waals surface area contributed by atoms with E-state index in [1.165, 1.54) is 21.8 Å². The molecule has 222 valence electrons. The number of benzene rings is 1. The zero-order valence-corrected chi connectivity index (χ0v) is 24.8. The van der Waals surface area contributed by atoms with Crippen LogP contribution < -0.4 is 20.5 Å². The smallest absolute Gasteiger partial charge is 0.417 e. The predicted octanol–water partition coefficient (Wildman–Crippen LogP) is 2.33. The van der Waals surface area contributed by atoms with Crippen molar-refractivity contribution in [2.24, 2.45) is 0 Å². The second kappa shape index (κ2) is 12.1. The van der Waals surface area contributed by atoms with Crippen LogP contribution in [0.1, 0.15) is 6.92 Å². The summed E-state index contributed by atoms with van der Waals surface area (Å²) in [5.74, 6) is 0.580. The average Bonchev–Trinajstić information content (AvgIpc) is 3.24. The Bertz CT molecular complexity index is 1710. The molecule has 1 aliphatic heterocycles. The number of pyridine rings is 1. The van der Waals surface area contributed by atoms with Gasteiger partial charge in [-0.3, -0.25) is 13.7 Å². The number of likely N-dealkylation sites (N-methyl/N-ethyl adjacent to an activating group) is 1. The van der Waals surface area contributed by atoms with Crippen molar-refractivity contribution in [1.29, 1.82) is 0 Å². The molecule has 0 saturated carbocycles. The summed E-state index contributed by atoms with van der Waals surface area (Å²) in [5, 5.41) is 3.64. The maximum absolute atomic E-state index is 13.4. The predicted molar refractivity (Wildman–Crippen MR) is 164 cm³/mol. The fraction of sp³-hybridized carbons (Fsp3) is 0.321. The van der Waals surface area contributed by atoms with Gasteiger partial charge in [0.05, 0.1) is 13.2 Å². The number of hydrogen-bond acceptors (Lipinski definition) is 10. The summed E-state index contributed by atoms with van der Waals surface area (Å²) in [6.07, 6.45) is 3.64. The molecule has 4 heterocycles. The Hall–Kier alpha value is -4.56. The van der Waals surface area contributed by atoms with Gasteiger partial charge in [-0.25, -0.2) is 24.1 Å². The van der Waals surface area contributed by atoms with E-state index in [-0.39, 0.29) is 34.9 Å². The van der Waals surface area contributed by atoms with Crippen LogP contribution in [0.3, 0.4) is 0 Å². The molecule has 1 fully saturated rings. The van der Waals surface area contributed by atoms with Crippen molar-refractivity contribution in [1.82, 2.24) is 33.9 Å². The topological polar surface area (TPSA) is 140 Å². The van der Waals surface area contributed by atoms with Crippen LogP contribution in [-0.2, 0) is 21.4 Å². The Morgan fingerprint density at radius 3 is 2.55 bits per heavy atom. The van der Waals surface area contributed by atoms with Gasteiger partial charge in [-0.15, -0.1) is 6.58 Å². The second-order valence-corrected chi connectivity index (χ2v) is 12.5. The van der Waals surface area contributed by atoms with Crippen molar-refractivity contribution in [2.45, 2.75) is 18.5 Å². The molecule has 0 radical (unpaired) electrons. The van der Waals surface area contributed by atoms with E-state index in [0.717, 1.165) is 37.6 Å². The van der Waals surface area contributed by atoms with Crippen LogP contribution in [0.4, 0.5) is 22.1 Å². The van der Waals surface area contributed by atoms with E-state index in [4.69, 9.17) is 4.74 Å². The number of nitrogens with zero attached hydrogens (tertiary/aromatic N) is 7. The van der Waals surface area contributed by atoms with Crippen LogP contribution >= 0.6 is 0 Å². The second-order valence-electron chi connectivity index (χ2n) is 9.99. The van der Waals surface area contributed by atoms with Crippen LogP contribution in [0, 0.1) is 0 Å². The number of anilines is 3. The monoisotopic (exact) mass is 593 g/mol. The molecule has 3 aromatic heterocycles. The zero-order chi connectivity index (χ0) is 29.9. The van der Waals surface area contributed by atoms with Crippen molar-refractivity contribution in [3.05, 3.63) is 71.7 Å². The summed E-state index contributed by atoms with van der Waals surface area (Å²) in [6, 6.07) is 12.9. The van der Waals surface area contributed by atoms with Crippen LogP contribution in [-0.4, -0.2) is 85.6 Å². The molecule has 1 aromatic carbocycles. The fourth-order valence-corrected chi connectivity index (χ4v) is 5.91. The summed E-state index contributed by atoms with van der Waals surface area (Å²) in [4.78, 5) is 43.6. The number of nitrogens with one attached hydrogen (secondary N) is 2. The largest absolute Gasteiger partial charge is 0.449 e. The highest BCUT2D eigenvalue weighted by Crippen LogP contribution is 2.23. The SMILES string of the molecule is C=CCn1c(=O)c2cnc(Nc3ccc(N4CCN(C)CC4)cc3)nc2n1-c1cccc([SH](C)(=O)NC(=O)OCC)n1. The lowest BCUT2D eigenvalue weighted by molar-refractivity contribution is 0.159. The van der Waals surface area contributed by atoms with Crippen LogP contribution in [0.5, 0.6) is 0 Å². The molecule has 0 atom stereocenters. The van der Waals surface area contributed by atoms with Gasteiger partial charge in [-0.1, -0.05) is 12.1 Å². The Kier molecular flexibility index (Phi) is 8.36. The highest BCUT2D eigenvalue weighted by molar-refractivity contribution is 8.01. The Morgan fingerprint density at radius 2 is 1.86 bits per heavy atom. The van der Waals surface area contributed by atoms with Crippen molar-refractivity contribution in [3.63, 3.8) is 0 Å². The van der Waals surface area contributed by atoms with Gasteiger partial charge >= 0.3 is 6.09 Å². The number of fused-ring (bicyclic) bond motifs is 1. The molecule has 1 amide bonds. The van der Waals surface area contributed by atoms with Gasteiger partial charge in [0, 0.05) is 50.0 Å². The Morgan fingerprint density at radius 1 is 1.12 bits per heavy atom. The van der Waals surface area contributed by atoms with Crippen LogP contribution in [0.15, 0.2) is 71.1 Å². The first-order chi connectivity index (χ1) is 20.2. The lowest BCUT2D eigenvalue weighted by Crippen LogP contribution is -2.44. The third kappa shape index (κ3) is 6.04. The average molecular weight is 594 g/mol. The number of carbonyl (C=O) groups is 1. The molecule has 14 heteroatoms. The first kappa shape index (κ1) is 29.0. The van der Waals surface area contributed by atoms with E-state index < -0.39 is 16.2 Å². The Balaban J connectivity index is 1.48. The summed E-state index contributed by atoms with van der Waals surface area (Å²) in [5.41, 5.74) is 1.92. The molecule has 42 heavy (non-hydrogen) atoms. The molecule has 1 aliphatic rings. The molecular formula is C28H35N9O4S. The van der Waals surface area contributed by atoms with Gasteiger partial charge < -0.3 is 19.9 Å². The molecule has 4 aromatic rings. The molecule has 0 bridgehead atoms. The van der Waals surface area contributed by atoms with Gasteiger partial charge in [-0.2, -0.15) is 4.98 Å². The van der Waals surface area contributed by atoms with Crippen molar-refractivity contribution >= 4 is 44.6 Å². The van der Waals surface area contributed by atoms with Gasteiger partial charge in [-0.05, 0) is 60.5 Å². The summed E-state index contributed by atoms with van der Waals surface area (Å²) < 4.78 is 23.6. The molecule has 1 saturated heterocycles. The van der Waals surface area contributed by atoms with Crippen LogP contribution in [0.25, 0.3) is 16.9 Å². The van der Waals surface area contributed by atoms with E-state index >= 15 is 0 Å². The number of ether oxygens (including phenoxy) is 1. The number of thiol groups is 1. The quantitative estimate of drug-likeness (QED) is 0.196. The minimum absolute atomic E-state index is 0.138. The van der Waals surface area contributed by atoms with E-state index in [1.54, 1.807) is 31.2 Å². The van der Waals surface area contributed by atoms with Gasteiger partial charge in [0.25, 0.3) is 5.56 Å². The number of amides is 1. The number of hydrogen-bond donors (Lipinski definition) is 3. The molecule has 5 rings (SSSR count). The number of allylic oxidation sites excluding steroid dienone is 1. The molecule has 0 unspecified atom stereocenters. The van der Waals surface area contributed by atoms with Gasteiger partial charge in [0.1, 0.15) is 10.4 Å². The number of piperazine rings is 1. The minimum Gasteiger partial charge on any atom is -0.449 e. The summed E-state index contributed by atoms with van der Waals surface area (Å²) in [7, 11) is -1.31. The molecule has 13 nitrogen and oxygen atoms in total. The molecule has 0 aliphatic carbocycles. The highest BCUT2D eigenvalue weighted by atomic mass is 32.3. The summed E-state index contributed by atoms with van der Waals surface area (Å²) in [6.45, 7) is 9.74. The van der Waals surface area contributed by atoms with Crippen molar-refractivity contribution in [2.75, 3.05) is 56.3 Å². The third-order valence-corrected chi connectivity index (χ3v) is 8.66. The maximum Gasteiger partial charge on any atom is 0.417 e. The number of aromatic nitrogens is 5. The molecular weight excluding hydrogens is 558 g/mol. The standard InChI is InChI=1S/C28H35N9O4S/c1-5-14-36-26(38)22-19-29-27(30-20-10-12-21(13-11-20)35-17-15-34(3)16-18-35)32-25(22)37(36)23-8-7-9-24(31-23)42(4,40)33-28(39)41-6-2/h5,7-13,19,42H,1,6,14-18H2,2-4H3,(H,29,30,32)(H,33,39,40). The van der Waals surface area contributed by atoms with E-state index in [1.807, 2.05) is 12.1 Å². The lowest BCUT2D eigenvalue weighted by atomic mass is 10.2. The van der Waals surface area contributed by atoms with Crippen molar-refractivity contribution in [3.8, 4) is 5.82 Å². The zero-order valence-electron chi connectivity index (χ0n) is 23.9. The van der Waals surface area contributed by atoms with E-state index in [2.05, 4.69) is 60.5 Å². The molecule has 0 spiro atoms. The van der Waals surface area contributed by atoms with Gasteiger partial charge in [0.15, 0.2) is 11.5 Å². The Labute approximate surface area is 244 Å². The number of carbonyl (C=O) groups excluding carboxylic acids is 1. The third-order valence-electron chi connectivity index (χ3n) is 6.92. The van der Waals surface area contributed by atoms with Gasteiger partial charge in [0.2, 0.25) is 5.95 Å². The highest BCUT2D eigenvalue weighted by Gasteiger charge is 2.22. The van der Waals surface area contributed by atoms with E-state index in [0.29, 0.717) is 11.6 Å². The van der Waals surface area contributed by atoms with Crippen LogP contribution in [0.2, 0.25) is 0 Å².